The number of aliphatic hydroxyl groups excluding tert-OH is 1. The Balaban J connectivity index is 2.63. The molecule has 0 unspecified atom stereocenters. The summed E-state index contributed by atoms with van der Waals surface area (Å²) in [6.07, 6.45) is 3.48. The molecule has 0 radical (unpaired) electrons. The molecule has 0 aliphatic rings. The number of hydrogen-bond acceptors (Lipinski definition) is 4. The van der Waals surface area contributed by atoms with E-state index in [1.54, 1.807) is 12.4 Å². The Morgan fingerprint density at radius 1 is 1.43 bits per heavy atom. The summed E-state index contributed by atoms with van der Waals surface area (Å²) in [7, 11) is 0. The number of aromatic nitrogens is 2. The molecule has 0 bridgehead atoms. The summed E-state index contributed by atoms with van der Waals surface area (Å²) in [5.41, 5.74) is 0. The minimum absolute atomic E-state index is 0.00932. The van der Waals surface area contributed by atoms with Crippen molar-refractivity contribution < 1.29 is 5.11 Å². The Labute approximate surface area is 97.3 Å². The van der Waals surface area contributed by atoms with E-state index in [1.807, 2.05) is 13.8 Å². The van der Waals surface area contributed by atoms with Crippen molar-refractivity contribution in [2.24, 2.45) is 5.92 Å². The van der Waals surface area contributed by atoms with Gasteiger partial charge in [0.15, 0.2) is 0 Å². The summed E-state index contributed by atoms with van der Waals surface area (Å²) < 4.78 is 0.998. The van der Waals surface area contributed by atoms with E-state index in [0.717, 1.165) is 3.57 Å². The second-order valence-electron chi connectivity index (χ2n) is 3.40. The second-order valence-corrected chi connectivity index (χ2v) is 4.65. The van der Waals surface area contributed by atoms with Crippen LogP contribution in [0, 0.1) is 9.49 Å². The van der Waals surface area contributed by atoms with Gasteiger partial charge >= 0.3 is 0 Å². The van der Waals surface area contributed by atoms with E-state index >= 15 is 0 Å². The monoisotopic (exact) mass is 307 g/mol. The summed E-state index contributed by atoms with van der Waals surface area (Å²) in [5, 5.41) is 12.2. The first-order chi connectivity index (χ1) is 6.63. The van der Waals surface area contributed by atoms with Gasteiger partial charge in [0.05, 0.1) is 12.6 Å². The molecular weight excluding hydrogens is 293 g/mol. The summed E-state index contributed by atoms with van der Waals surface area (Å²) in [4.78, 5) is 8.22. The highest BCUT2D eigenvalue weighted by atomic mass is 127. The zero-order chi connectivity index (χ0) is 10.6. The molecule has 0 fully saturated rings. The summed E-state index contributed by atoms with van der Waals surface area (Å²) in [5.74, 6) is 0.918. The lowest BCUT2D eigenvalue weighted by molar-refractivity contribution is 0.248. The van der Waals surface area contributed by atoms with Gasteiger partial charge in [-0.05, 0) is 28.5 Å². The quantitative estimate of drug-likeness (QED) is 0.828. The average molecular weight is 307 g/mol. The van der Waals surface area contributed by atoms with Crippen molar-refractivity contribution in [3.63, 3.8) is 0 Å². The fourth-order valence-electron chi connectivity index (χ4n) is 0.976. The highest BCUT2D eigenvalue weighted by Gasteiger charge is 2.12. The van der Waals surface area contributed by atoms with E-state index in [1.165, 1.54) is 0 Å². The van der Waals surface area contributed by atoms with Crippen molar-refractivity contribution in [3.8, 4) is 0 Å². The Bertz CT molecular complexity index is 276. The molecular formula is C9H14IN3O. The van der Waals surface area contributed by atoms with Crippen LogP contribution in [0.4, 0.5) is 5.95 Å². The van der Waals surface area contributed by atoms with Crippen molar-refractivity contribution in [2.45, 2.75) is 19.9 Å². The van der Waals surface area contributed by atoms with Gasteiger partial charge in [0.2, 0.25) is 5.95 Å². The minimum atomic E-state index is 0.00932. The van der Waals surface area contributed by atoms with Crippen LogP contribution in [0.25, 0.3) is 0 Å². The van der Waals surface area contributed by atoms with Gasteiger partial charge in [-0.2, -0.15) is 0 Å². The third kappa shape index (κ3) is 3.38. The van der Waals surface area contributed by atoms with Crippen LogP contribution in [0.1, 0.15) is 13.8 Å². The van der Waals surface area contributed by atoms with Crippen LogP contribution in [0.2, 0.25) is 0 Å². The zero-order valence-corrected chi connectivity index (χ0v) is 10.4. The first-order valence-electron chi connectivity index (χ1n) is 4.48. The number of aliphatic hydroxyl groups is 1. The van der Waals surface area contributed by atoms with E-state index in [2.05, 4.69) is 37.9 Å². The van der Waals surface area contributed by atoms with Gasteiger partial charge in [-0.1, -0.05) is 13.8 Å². The van der Waals surface area contributed by atoms with Crippen LogP contribution >= 0.6 is 22.6 Å². The molecule has 0 aromatic carbocycles. The van der Waals surface area contributed by atoms with Crippen molar-refractivity contribution in [1.29, 1.82) is 0 Å². The Kier molecular flexibility index (Phi) is 4.53. The van der Waals surface area contributed by atoms with E-state index in [-0.39, 0.29) is 12.6 Å². The van der Waals surface area contributed by atoms with Crippen molar-refractivity contribution in [2.75, 3.05) is 11.9 Å². The van der Waals surface area contributed by atoms with E-state index < -0.39 is 0 Å². The average Bonchev–Trinajstić information content (AvgIpc) is 2.16. The number of hydrogen-bond donors (Lipinski definition) is 2. The maximum Gasteiger partial charge on any atom is 0.222 e. The molecule has 78 valence electrons. The van der Waals surface area contributed by atoms with E-state index in [4.69, 9.17) is 5.11 Å². The molecule has 1 aromatic rings. The fourth-order valence-corrected chi connectivity index (χ4v) is 1.25. The lowest BCUT2D eigenvalue weighted by atomic mass is 10.1. The lowest BCUT2D eigenvalue weighted by Gasteiger charge is -2.19. The molecule has 0 aliphatic carbocycles. The predicted octanol–water partition coefficient (Wildman–Crippen LogP) is 1.51. The van der Waals surface area contributed by atoms with Crippen molar-refractivity contribution in [1.82, 2.24) is 9.97 Å². The van der Waals surface area contributed by atoms with Crippen LogP contribution in [0.5, 0.6) is 0 Å². The topological polar surface area (TPSA) is 58.0 Å². The highest BCUT2D eigenvalue weighted by Crippen LogP contribution is 2.08. The minimum Gasteiger partial charge on any atom is -0.394 e. The molecule has 4 nitrogen and oxygen atoms in total. The van der Waals surface area contributed by atoms with Gasteiger partial charge in [-0.3, -0.25) is 0 Å². The maximum absolute atomic E-state index is 9.09. The third-order valence-corrected chi connectivity index (χ3v) is 2.49. The maximum atomic E-state index is 9.09. The van der Waals surface area contributed by atoms with Crippen molar-refractivity contribution >= 4 is 28.5 Å². The van der Waals surface area contributed by atoms with Crippen LogP contribution in [-0.2, 0) is 0 Å². The summed E-state index contributed by atoms with van der Waals surface area (Å²) in [6.45, 7) is 4.17. The first kappa shape index (κ1) is 11.6. The van der Waals surface area contributed by atoms with Crippen LogP contribution in [0.15, 0.2) is 12.4 Å². The summed E-state index contributed by atoms with van der Waals surface area (Å²) in [6, 6.07) is 0.00932. The van der Waals surface area contributed by atoms with Crippen LogP contribution in [0.3, 0.4) is 0 Å². The standard InChI is InChI=1S/C9H14IN3O/c1-6(2)8(5-14)13-9-11-3-7(10)4-12-9/h3-4,6,8,14H,5H2,1-2H3,(H,11,12,13)/t8-/m1/s1. The number of halogens is 1. The smallest absolute Gasteiger partial charge is 0.222 e. The molecule has 14 heavy (non-hydrogen) atoms. The Morgan fingerprint density at radius 3 is 2.43 bits per heavy atom. The van der Waals surface area contributed by atoms with Gasteiger partial charge in [0.1, 0.15) is 0 Å². The van der Waals surface area contributed by atoms with Gasteiger partial charge in [-0.25, -0.2) is 9.97 Å². The van der Waals surface area contributed by atoms with Crippen molar-refractivity contribution in [3.05, 3.63) is 16.0 Å². The molecule has 1 heterocycles. The molecule has 0 aliphatic heterocycles. The molecule has 0 amide bonds. The normalized spacial score (nSPS) is 12.9. The largest absolute Gasteiger partial charge is 0.394 e. The van der Waals surface area contributed by atoms with Gasteiger partial charge < -0.3 is 10.4 Å². The summed E-state index contributed by atoms with van der Waals surface area (Å²) >= 11 is 2.15. The SMILES string of the molecule is CC(C)[C@@H](CO)Nc1ncc(I)cn1. The van der Waals surface area contributed by atoms with Gasteiger partial charge in [0.25, 0.3) is 0 Å². The number of anilines is 1. The second kappa shape index (κ2) is 5.45. The molecule has 0 saturated heterocycles. The highest BCUT2D eigenvalue weighted by molar-refractivity contribution is 14.1. The fraction of sp³-hybridized carbons (Fsp3) is 0.556. The third-order valence-electron chi connectivity index (χ3n) is 1.94. The molecule has 5 heteroatoms. The molecule has 1 atom stereocenters. The number of nitrogens with one attached hydrogen (secondary N) is 1. The van der Waals surface area contributed by atoms with Crippen LogP contribution < -0.4 is 5.32 Å². The molecule has 0 spiro atoms. The number of nitrogens with zero attached hydrogens (tertiary/aromatic N) is 2. The molecule has 0 saturated carbocycles. The molecule has 1 aromatic heterocycles. The molecule has 1 rings (SSSR count). The van der Waals surface area contributed by atoms with Crippen LogP contribution in [-0.4, -0.2) is 27.7 Å². The zero-order valence-electron chi connectivity index (χ0n) is 8.24. The predicted molar refractivity (Wildman–Crippen MR) is 64.1 cm³/mol. The Morgan fingerprint density at radius 2 is 2.00 bits per heavy atom. The van der Waals surface area contributed by atoms with E-state index in [9.17, 15) is 0 Å². The number of rotatable bonds is 4. The van der Waals surface area contributed by atoms with Gasteiger partial charge in [-0.15, -0.1) is 0 Å². The van der Waals surface area contributed by atoms with Gasteiger partial charge in [0, 0.05) is 16.0 Å². The first-order valence-corrected chi connectivity index (χ1v) is 5.56. The lowest BCUT2D eigenvalue weighted by Crippen LogP contribution is -2.30. The Hall–Kier alpha value is -0.430. The van der Waals surface area contributed by atoms with E-state index in [0.29, 0.717) is 11.9 Å². The molecule has 2 N–H and O–H groups in total.